The number of rotatable bonds is 13. The second-order valence-electron chi connectivity index (χ2n) is 7.07. The third-order valence-electron chi connectivity index (χ3n) is 4.71. The van der Waals surface area contributed by atoms with E-state index in [0.717, 1.165) is 32.7 Å². The van der Waals surface area contributed by atoms with Gasteiger partial charge in [0.2, 0.25) is 0 Å². The van der Waals surface area contributed by atoms with Gasteiger partial charge in [0, 0.05) is 31.7 Å². The van der Waals surface area contributed by atoms with E-state index >= 15 is 0 Å². The van der Waals surface area contributed by atoms with Gasteiger partial charge in [-0.15, -0.1) is 0 Å². The SMILES string of the molecule is CC(CCN(C)C)N(C)CCC(C)N(C)CCN(C)CCO. The third-order valence-corrected chi connectivity index (χ3v) is 4.71. The molecule has 2 unspecified atom stereocenters. The number of aliphatic hydroxyl groups excluding tert-OH is 1. The predicted octanol–water partition coefficient (Wildman–Crippen LogP) is 0.893. The van der Waals surface area contributed by atoms with Gasteiger partial charge in [0.05, 0.1) is 6.61 Å². The summed E-state index contributed by atoms with van der Waals surface area (Å²) < 4.78 is 0. The Kier molecular flexibility index (Phi) is 12.1. The van der Waals surface area contributed by atoms with Gasteiger partial charge in [-0.25, -0.2) is 0 Å². The Morgan fingerprint density at radius 1 is 0.682 bits per heavy atom. The van der Waals surface area contributed by atoms with E-state index in [4.69, 9.17) is 5.11 Å². The van der Waals surface area contributed by atoms with Crippen molar-refractivity contribution in [3.05, 3.63) is 0 Å². The Bertz CT molecular complexity index is 263. The number of hydrogen-bond acceptors (Lipinski definition) is 5. The van der Waals surface area contributed by atoms with E-state index in [0.29, 0.717) is 12.1 Å². The monoisotopic (exact) mass is 316 g/mol. The average molecular weight is 317 g/mol. The van der Waals surface area contributed by atoms with Crippen LogP contribution in [0.1, 0.15) is 26.7 Å². The van der Waals surface area contributed by atoms with Gasteiger partial charge in [-0.3, -0.25) is 0 Å². The molecule has 0 saturated carbocycles. The van der Waals surface area contributed by atoms with Crippen molar-refractivity contribution in [3.63, 3.8) is 0 Å². The molecule has 134 valence electrons. The predicted molar refractivity (Wildman–Crippen MR) is 96.6 cm³/mol. The van der Waals surface area contributed by atoms with Gasteiger partial charge in [-0.05, 0) is 75.0 Å². The van der Waals surface area contributed by atoms with Crippen molar-refractivity contribution < 1.29 is 5.11 Å². The van der Waals surface area contributed by atoms with E-state index < -0.39 is 0 Å². The zero-order chi connectivity index (χ0) is 17.1. The summed E-state index contributed by atoms with van der Waals surface area (Å²) in [5.41, 5.74) is 0. The number of hydrogen-bond donors (Lipinski definition) is 1. The lowest BCUT2D eigenvalue weighted by Gasteiger charge is -2.30. The van der Waals surface area contributed by atoms with Gasteiger partial charge >= 0.3 is 0 Å². The molecule has 22 heavy (non-hydrogen) atoms. The van der Waals surface area contributed by atoms with Crippen molar-refractivity contribution in [2.45, 2.75) is 38.8 Å². The highest BCUT2D eigenvalue weighted by Crippen LogP contribution is 2.07. The van der Waals surface area contributed by atoms with Gasteiger partial charge in [-0.1, -0.05) is 0 Å². The largest absolute Gasteiger partial charge is 0.395 e. The molecule has 0 spiro atoms. The summed E-state index contributed by atoms with van der Waals surface area (Å²) >= 11 is 0. The number of aliphatic hydroxyl groups is 1. The van der Waals surface area contributed by atoms with Crippen molar-refractivity contribution >= 4 is 0 Å². The van der Waals surface area contributed by atoms with Crippen LogP contribution in [0.4, 0.5) is 0 Å². The van der Waals surface area contributed by atoms with Crippen LogP contribution in [0.5, 0.6) is 0 Å². The summed E-state index contributed by atoms with van der Waals surface area (Å²) in [7, 11) is 10.8. The van der Waals surface area contributed by atoms with Crippen molar-refractivity contribution in [2.24, 2.45) is 0 Å². The maximum atomic E-state index is 8.92. The van der Waals surface area contributed by atoms with Crippen LogP contribution >= 0.6 is 0 Å². The first-order valence-corrected chi connectivity index (χ1v) is 8.62. The Balaban J connectivity index is 3.92. The summed E-state index contributed by atoms with van der Waals surface area (Å²) in [4.78, 5) is 9.33. The number of nitrogens with zero attached hydrogens (tertiary/aromatic N) is 4. The minimum absolute atomic E-state index is 0.241. The van der Waals surface area contributed by atoms with E-state index in [1.54, 1.807) is 0 Å². The van der Waals surface area contributed by atoms with Crippen LogP contribution in [-0.4, -0.2) is 111 Å². The highest BCUT2D eigenvalue weighted by molar-refractivity contribution is 4.70. The third kappa shape index (κ3) is 10.5. The fourth-order valence-corrected chi connectivity index (χ4v) is 2.33. The van der Waals surface area contributed by atoms with E-state index in [1.165, 1.54) is 12.8 Å². The van der Waals surface area contributed by atoms with E-state index in [2.05, 4.69) is 68.7 Å². The Morgan fingerprint density at radius 3 is 1.68 bits per heavy atom. The lowest BCUT2D eigenvalue weighted by molar-refractivity contribution is 0.163. The molecule has 5 heteroatoms. The van der Waals surface area contributed by atoms with Gasteiger partial charge in [-0.2, -0.15) is 0 Å². The highest BCUT2D eigenvalue weighted by atomic mass is 16.3. The summed E-state index contributed by atoms with van der Waals surface area (Å²) in [5, 5.41) is 8.92. The molecule has 0 radical (unpaired) electrons. The lowest BCUT2D eigenvalue weighted by Crippen LogP contribution is -2.39. The van der Waals surface area contributed by atoms with Crippen molar-refractivity contribution in [1.29, 1.82) is 0 Å². The first-order chi connectivity index (χ1) is 10.3. The molecule has 0 aromatic carbocycles. The highest BCUT2D eigenvalue weighted by Gasteiger charge is 2.14. The fourth-order valence-electron chi connectivity index (χ4n) is 2.33. The molecule has 0 aromatic heterocycles. The molecule has 0 aliphatic rings. The molecule has 0 aromatic rings. The van der Waals surface area contributed by atoms with Crippen LogP contribution in [0.25, 0.3) is 0 Å². The van der Waals surface area contributed by atoms with Crippen molar-refractivity contribution in [2.75, 3.05) is 74.6 Å². The second kappa shape index (κ2) is 12.3. The molecule has 2 atom stereocenters. The maximum Gasteiger partial charge on any atom is 0.0558 e. The molecule has 0 fully saturated rings. The zero-order valence-corrected chi connectivity index (χ0v) is 16.0. The molecule has 0 rings (SSSR count). The molecular formula is C17H40N4O. The van der Waals surface area contributed by atoms with Crippen LogP contribution in [0.15, 0.2) is 0 Å². The van der Waals surface area contributed by atoms with Crippen LogP contribution in [-0.2, 0) is 0 Å². The Labute approximate surface area is 138 Å². The van der Waals surface area contributed by atoms with Crippen LogP contribution in [0.3, 0.4) is 0 Å². The Morgan fingerprint density at radius 2 is 1.18 bits per heavy atom. The van der Waals surface area contributed by atoms with Crippen LogP contribution in [0.2, 0.25) is 0 Å². The molecule has 0 aliphatic carbocycles. The van der Waals surface area contributed by atoms with E-state index in [9.17, 15) is 0 Å². The summed E-state index contributed by atoms with van der Waals surface area (Å²) in [5.74, 6) is 0. The lowest BCUT2D eigenvalue weighted by atomic mass is 10.1. The summed E-state index contributed by atoms with van der Waals surface area (Å²) in [6.07, 6.45) is 2.42. The van der Waals surface area contributed by atoms with E-state index in [1.807, 2.05) is 0 Å². The molecule has 0 aliphatic heterocycles. The molecule has 0 heterocycles. The molecular weight excluding hydrogens is 276 g/mol. The quantitative estimate of drug-likeness (QED) is 0.546. The smallest absolute Gasteiger partial charge is 0.0558 e. The van der Waals surface area contributed by atoms with Gasteiger partial charge in [0.1, 0.15) is 0 Å². The van der Waals surface area contributed by atoms with Gasteiger partial charge in [0.25, 0.3) is 0 Å². The average Bonchev–Trinajstić information content (AvgIpc) is 2.47. The minimum atomic E-state index is 0.241. The van der Waals surface area contributed by atoms with E-state index in [-0.39, 0.29) is 6.61 Å². The van der Waals surface area contributed by atoms with Crippen LogP contribution < -0.4 is 0 Å². The first-order valence-electron chi connectivity index (χ1n) is 8.62. The molecule has 0 amide bonds. The maximum absolute atomic E-state index is 8.92. The van der Waals surface area contributed by atoms with Gasteiger partial charge < -0.3 is 24.7 Å². The number of likely N-dealkylation sites (N-methyl/N-ethyl adjacent to an activating group) is 2. The standard InChI is InChI=1S/C17H40N4O/c1-16(8-10-18(3)4)20(6)11-9-17(2)21(7)13-12-19(5)14-15-22/h16-17,22H,8-15H2,1-7H3. The zero-order valence-electron chi connectivity index (χ0n) is 16.0. The molecule has 0 saturated heterocycles. The minimum Gasteiger partial charge on any atom is -0.395 e. The molecule has 1 N–H and O–H groups in total. The topological polar surface area (TPSA) is 33.2 Å². The van der Waals surface area contributed by atoms with Crippen molar-refractivity contribution in [1.82, 2.24) is 19.6 Å². The molecule has 0 bridgehead atoms. The Hall–Kier alpha value is -0.200. The second-order valence-corrected chi connectivity index (χ2v) is 7.07. The normalized spacial score (nSPS) is 15.3. The van der Waals surface area contributed by atoms with Gasteiger partial charge in [0.15, 0.2) is 0 Å². The fraction of sp³-hybridized carbons (Fsp3) is 1.00. The first kappa shape index (κ1) is 21.8. The van der Waals surface area contributed by atoms with Crippen LogP contribution in [0, 0.1) is 0 Å². The molecule has 5 nitrogen and oxygen atoms in total. The van der Waals surface area contributed by atoms with Crippen molar-refractivity contribution in [3.8, 4) is 0 Å². The summed E-state index contributed by atoms with van der Waals surface area (Å²) in [6.45, 7) is 9.99. The summed E-state index contributed by atoms with van der Waals surface area (Å²) in [6, 6.07) is 1.22.